The van der Waals surface area contributed by atoms with Crippen LogP contribution in [0, 0.1) is 0 Å². The van der Waals surface area contributed by atoms with E-state index in [1.54, 1.807) is 66.7 Å². The monoisotopic (exact) mass is 438 g/mol. The summed E-state index contributed by atoms with van der Waals surface area (Å²) in [5, 5.41) is 44.6. The molecule has 7 nitrogen and oxygen atoms in total. The molecular weight excluding hydrogens is 414 g/mol. The zero-order valence-corrected chi connectivity index (χ0v) is 17.8. The van der Waals surface area contributed by atoms with Gasteiger partial charge in [0.2, 0.25) is 0 Å². The Morgan fingerprint density at radius 3 is 2.39 bits per heavy atom. The van der Waals surface area contributed by atoms with Crippen LogP contribution in [0.4, 0.5) is 11.4 Å². The molecule has 0 saturated heterocycles. The van der Waals surface area contributed by atoms with Gasteiger partial charge in [-0.05, 0) is 53.5 Å². The van der Waals surface area contributed by atoms with Crippen LogP contribution in [0.5, 0.6) is 11.5 Å². The molecule has 0 heterocycles. The number of anilines is 2. The molecule has 3 rings (SSSR count). The van der Waals surface area contributed by atoms with E-state index in [0.717, 1.165) is 5.56 Å². The first-order chi connectivity index (χ1) is 14.8. The number of carbonyl (C=O) groups is 1. The standard InChI is InChI=1S/C22H24BN2O5P/c26-19-7-4-14(5-8-19)10-20(22(28)31)25-18-6-9-21(27)15(11-18)13-24-17-3-1-2-16(12-17)23(29)30/h1-9,11-12,20,24-27,29-30H,10,13,31H2/t20-/m0/s1. The SMILES string of the molecule is O=C(P)[C@H](Cc1ccc(O)cc1)Nc1ccc(O)c(CNc2cccc(B(O)O)c2)c1. The normalized spacial score (nSPS) is 11.6. The third-order valence-electron chi connectivity index (χ3n) is 4.81. The lowest BCUT2D eigenvalue weighted by molar-refractivity contribution is -0.111. The molecule has 0 radical (unpaired) electrons. The van der Waals surface area contributed by atoms with Crippen molar-refractivity contribution in [2.75, 3.05) is 10.6 Å². The van der Waals surface area contributed by atoms with E-state index in [9.17, 15) is 25.1 Å². The number of hydrogen-bond acceptors (Lipinski definition) is 7. The molecule has 6 N–H and O–H groups in total. The molecule has 3 aromatic carbocycles. The van der Waals surface area contributed by atoms with Gasteiger partial charge in [-0.15, -0.1) is 0 Å². The van der Waals surface area contributed by atoms with Gasteiger partial charge in [0.15, 0.2) is 5.52 Å². The Hall–Kier alpha value is -3.06. The summed E-state index contributed by atoms with van der Waals surface area (Å²) in [4.78, 5) is 12.1. The summed E-state index contributed by atoms with van der Waals surface area (Å²) in [7, 11) is 0.632. The first kappa shape index (κ1) is 22.6. The highest BCUT2D eigenvalue weighted by Gasteiger charge is 2.16. The van der Waals surface area contributed by atoms with Crippen LogP contribution < -0.4 is 16.1 Å². The number of hydrogen-bond donors (Lipinski definition) is 6. The number of phenols is 2. The minimum absolute atomic E-state index is 0.101. The zero-order chi connectivity index (χ0) is 22.4. The predicted molar refractivity (Wildman–Crippen MR) is 126 cm³/mol. The molecule has 160 valence electrons. The van der Waals surface area contributed by atoms with Crippen molar-refractivity contribution >= 4 is 38.7 Å². The minimum Gasteiger partial charge on any atom is -0.508 e. The maximum Gasteiger partial charge on any atom is 0.488 e. The number of phenolic OH excluding ortho intramolecular Hbond substituents is 2. The molecule has 0 aliphatic carbocycles. The van der Waals surface area contributed by atoms with E-state index < -0.39 is 13.2 Å². The van der Waals surface area contributed by atoms with Crippen molar-refractivity contribution in [1.82, 2.24) is 0 Å². The van der Waals surface area contributed by atoms with E-state index in [1.807, 2.05) is 0 Å². The van der Waals surface area contributed by atoms with Crippen LogP contribution in [-0.2, 0) is 17.8 Å². The topological polar surface area (TPSA) is 122 Å². The quantitative estimate of drug-likeness (QED) is 0.171. The third kappa shape index (κ3) is 6.46. The fourth-order valence-corrected chi connectivity index (χ4v) is 3.32. The highest BCUT2D eigenvalue weighted by Crippen LogP contribution is 2.24. The van der Waals surface area contributed by atoms with Crippen LogP contribution in [0.15, 0.2) is 66.7 Å². The van der Waals surface area contributed by atoms with Gasteiger partial charge in [-0.1, -0.05) is 33.5 Å². The molecule has 0 bridgehead atoms. The zero-order valence-electron chi connectivity index (χ0n) is 16.7. The summed E-state index contributed by atoms with van der Waals surface area (Å²) in [6, 6.07) is 17.9. The molecule has 0 aromatic heterocycles. The fourth-order valence-electron chi connectivity index (χ4n) is 3.12. The summed E-state index contributed by atoms with van der Waals surface area (Å²) < 4.78 is 0. The van der Waals surface area contributed by atoms with Crippen LogP contribution in [0.2, 0.25) is 0 Å². The number of nitrogens with one attached hydrogen (secondary N) is 2. The highest BCUT2D eigenvalue weighted by molar-refractivity contribution is 7.40. The average Bonchev–Trinajstić information content (AvgIpc) is 2.75. The van der Waals surface area contributed by atoms with E-state index >= 15 is 0 Å². The average molecular weight is 438 g/mol. The summed E-state index contributed by atoms with van der Waals surface area (Å²) >= 11 is 0. The molecule has 0 aliphatic heterocycles. The van der Waals surface area contributed by atoms with Crippen molar-refractivity contribution in [3.8, 4) is 11.5 Å². The third-order valence-corrected chi connectivity index (χ3v) is 5.21. The van der Waals surface area contributed by atoms with E-state index in [1.165, 1.54) is 0 Å². The first-order valence-electron chi connectivity index (χ1n) is 9.67. The van der Waals surface area contributed by atoms with Crippen LogP contribution >= 0.6 is 9.24 Å². The van der Waals surface area contributed by atoms with Gasteiger partial charge in [-0.3, -0.25) is 4.79 Å². The summed E-state index contributed by atoms with van der Waals surface area (Å²) in [6.07, 6.45) is 0.438. The second-order valence-corrected chi connectivity index (χ2v) is 7.74. The maximum absolute atomic E-state index is 12.1. The van der Waals surface area contributed by atoms with E-state index in [2.05, 4.69) is 19.9 Å². The van der Waals surface area contributed by atoms with Gasteiger partial charge in [-0.25, -0.2) is 0 Å². The van der Waals surface area contributed by atoms with Crippen molar-refractivity contribution in [3.63, 3.8) is 0 Å². The lowest BCUT2D eigenvalue weighted by atomic mass is 9.80. The molecule has 0 saturated carbocycles. The van der Waals surface area contributed by atoms with Crippen molar-refractivity contribution in [2.24, 2.45) is 0 Å². The first-order valence-corrected chi connectivity index (χ1v) is 10.2. The molecule has 0 aliphatic rings. The van der Waals surface area contributed by atoms with Crippen LogP contribution in [-0.4, -0.2) is 38.9 Å². The van der Waals surface area contributed by atoms with Crippen molar-refractivity contribution < 1.29 is 25.1 Å². The van der Waals surface area contributed by atoms with Crippen LogP contribution in [0.1, 0.15) is 11.1 Å². The van der Waals surface area contributed by atoms with Gasteiger partial charge in [0.05, 0.1) is 6.04 Å². The Labute approximate surface area is 183 Å². The smallest absolute Gasteiger partial charge is 0.488 e. The van der Waals surface area contributed by atoms with Crippen molar-refractivity contribution in [1.29, 1.82) is 0 Å². The van der Waals surface area contributed by atoms with Crippen molar-refractivity contribution in [3.05, 3.63) is 77.9 Å². The molecule has 0 spiro atoms. The Morgan fingerprint density at radius 2 is 1.71 bits per heavy atom. The summed E-state index contributed by atoms with van der Waals surface area (Å²) in [5.74, 6) is 0.267. The summed E-state index contributed by atoms with van der Waals surface area (Å²) in [6.45, 7) is 0.295. The summed E-state index contributed by atoms with van der Waals surface area (Å²) in [5.41, 5.74) is 3.11. The number of carbonyl (C=O) groups excluding carboxylic acids is 1. The molecule has 0 fully saturated rings. The van der Waals surface area contributed by atoms with Crippen LogP contribution in [0.3, 0.4) is 0 Å². The maximum atomic E-state index is 12.1. The molecule has 31 heavy (non-hydrogen) atoms. The van der Waals surface area contributed by atoms with Gasteiger partial charge in [0.25, 0.3) is 0 Å². The number of benzene rings is 3. The van der Waals surface area contributed by atoms with Gasteiger partial charge in [0.1, 0.15) is 11.5 Å². The Morgan fingerprint density at radius 1 is 0.968 bits per heavy atom. The van der Waals surface area contributed by atoms with E-state index in [0.29, 0.717) is 35.4 Å². The molecule has 2 atom stereocenters. The second kappa shape index (κ2) is 10.3. The molecule has 1 unspecified atom stereocenters. The molecule has 9 heteroatoms. The van der Waals surface area contributed by atoms with Gasteiger partial charge < -0.3 is 30.9 Å². The minimum atomic E-state index is -1.56. The molecule has 3 aromatic rings. The van der Waals surface area contributed by atoms with Gasteiger partial charge in [0, 0.05) is 29.9 Å². The lowest BCUT2D eigenvalue weighted by Crippen LogP contribution is -2.29. The number of rotatable bonds is 9. The molecule has 0 amide bonds. The van der Waals surface area contributed by atoms with E-state index in [4.69, 9.17) is 0 Å². The Bertz CT molecular complexity index is 1050. The second-order valence-electron chi connectivity index (χ2n) is 7.17. The Balaban J connectivity index is 1.70. The van der Waals surface area contributed by atoms with Gasteiger partial charge in [-0.2, -0.15) is 0 Å². The molecular formula is C22H24BN2O5P. The fraction of sp³-hybridized carbons (Fsp3) is 0.136. The van der Waals surface area contributed by atoms with Gasteiger partial charge >= 0.3 is 7.12 Å². The lowest BCUT2D eigenvalue weighted by Gasteiger charge is -2.18. The van der Waals surface area contributed by atoms with E-state index in [-0.39, 0.29) is 17.0 Å². The Kier molecular flexibility index (Phi) is 7.52. The largest absolute Gasteiger partial charge is 0.508 e. The highest BCUT2D eigenvalue weighted by atomic mass is 31.0. The van der Waals surface area contributed by atoms with Crippen LogP contribution in [0.25, 0.3) is 0 Å². The van der Waals surface area contributed by atoms with Crippen molar-refractivity contribution in [2.45, 2.75) is 19.0 Å². The predicted octanol–water partition coefficient (Wildman–Crippen LogP) is 1.81. The number of aromatic hydroxyl groups is 2.